The zero-order chi connectivity index (χ0) is 31.8. The van der Waals surface area contributed by atoms with Gasteiger partial charge in [-0.1, -0.05) is 26.0 Å². The fraction of sp³-hybridized carbons (Fsp3) is 0.433. The Balaban J connectivity index is 1.56. The van der Waals surface area contributed by atoms with Crippen molar-refractivity contribution in [2.75, 3.05) is 0 Å². The van der Waals surface area contributed by atoms with E-state index in [0.717, 1.165) is 0 Å². The highest BCUT2D eigenvalue weighted by atomic mass is 16.7. The smallest absolute Gasteiger partial charge is 0.461 e. The third kappa shape index (κ3) is 8.60. The number of hydrogen-bond donors (Lipinski definition) is 0. The lowest BCUT2D eigenvalue weighted by Crippen LogP contribution is -2.67. The number of nitro benzene ring substituents is 2. The van der Waals surface area contributed by atoms with Crippen molar-refractivity contribution in [1.82, 2.24) is 4.90 Å². The van der Waals surface area contributed by atoms with Crippen LogP contribution >= 0.6 is 0 Å². The van der Waals surface area contributed by atoms with Gasteiger partial charge in [-0.3, -0.25) is 29.8 Å². The molecule has 1 aliphatic rings. The molecule has 0 aromatic heterocycles. The van der Waals surface area contributed by atoms with Crippen molar-refractivity contribution in [3.63, 3.8) is 0 Å². The lowest BCUT2D eigenvalue weighted by Gasteiger charge is -2.53. The molecule has 1 aliphatic heterocycles. The van der Waals surface area contributed by atoms with E-state index in [-0.39, 0.29) is 61.3 Å². The maximum Gasteiger partial charge on any atom is 0.508 e. The minimum atomic E-state index is -0.985. The molecule has 0 bridgehead atoms. The van der Waals surface area contributed by atoms with Crippen LogP contribution in [0.15, 0.2) is 60.7 Å². The van der Waals surface area contributed by atoms with E-state index in [1.54, 1.807) is 11.8 Å². The summed E-state index contributed by atoms with van der Waals surface area (Å²) in [4.78, 5) is 60.4. The van der Waals surface area contributed by atoms with E-state index >= 15 is 0 Å². The highest BCUT2D eigenvalue weighted by molar-refractivity contribution is 5.87. The summed E-state index contributed by atoms with van der Waals surface area (Å²) < 4.78 is 15.9. The molecule has 3 rings (SSSR count). The van der Waals surface area contributed by atoms with Crippen LogP contribution in [-0.2, 0) is 37.0 Å². The summed E-state index contributed by atoms with van der Waals surface area (Å²) in [5.41, 5.74) is 1.50. The van der Waals surface area contributed by atoms with E-state index in [0.29, 0.717) is 16.7 Å². The van der Waals surface area contributed by atoms with Gasteiger partial charge < -0.3 is 19.1 Å². The van der Waals surface area contributed by atoms with Crippen LogP contribution in [-0.4, -0.2) is 51.0 Å². The molecule has 1 saturated heterocycles. The van der Waals surface area contributed by atoms with Crippen LogP contribution in [0.2, 0.25) is 0 Å². The van der Waals surface area contributed by atoms with E-state index in [9.17, 15) is 34.6 Å². The number of ether oxygens (including phenoxy) is 3. The average Bonchev–Trinajstić information content (AvgIpc) is 2.95. The topological polar surface area (TPSA) is 168 Å². The number of amides is 1. The number of likely N-dealkylation sites (tertiary alicyclic amines) is 1. The number of nitrogens with zero attached hydrogens (tertiary/aromatic N) is 3. The number of non-ortho nitro benzene ring substituents is 2. The maximum absolute atomic E-state index is 13.2. The van der Waals surface area contributed by atoms with Gasteiger partial charge in [0.15, 0.2) is 0 Å². The average molecular weight is 598 g/mol. The second-order valence-electron chi connectivity index (χ2n) is 10.8. The van der Waals surface area contributed by atoms with Crippen molar-refractivity contribution in [1.29, 1.82) is 0 Å². The monoisotopic (exact) mass is 597 g/mol. The first-order chi connectivity index (χ1) is 20.3. The summed E-state index contributed by atoms with van der Waals surface area (Å²) in [6.45, 7) is 11.3. The van der Waals surface area contributed by atoms with Gasteiger partial charge in [-0.05, 0) is 61.6 Å². The SMILES string of the molecule is C=C(CC(=O)OCc1ccc([N+](=O)[O-])cc1)C[C@@H]1[C@@H]([C@@H](C)OC(=O)OCc2ccc([N+](=O)[O-])cc2)C(=O)N1C(C)C(C)C. The van der Waals surface area contributed by atoms with E-state index < -0.39 is 34.0 Å². The third-order valence-corrected chi connectivity index (χ3v) is 7.45. The second kappa shape index (κ2) is 14.4. The van der Waals surface area contributed by atoms with Gasteiger partial charge in [0.1, 0.15) is 19.3 Å². The summed E-state index contributed by atoms with van der Waals surface area (Å²) in [5.74, 6) is -1.25. The Bertz CT molecular complexity index is 1360. The quantitative estimate of drug-likeness (QED) is 0.0891. The first-order valence-corrected chi connectivity index (χ1v) is 13.7. The van der Waals surface area contributed by atoms with Crippen molar-refractivity contribution < 1.29 is 38.4 Å². The minimum Gasteiger partial charge on any atom is -0.461 e. The van der Waals surface area contributed by atoms with Crippen molar-refractivity contribution in [3.05, 3.63) is 92.0 Å². The molecule has 0 saturated carbocycles. The number of hydrogen-bond acceptors (Lipinski definition) is 10. The van der Waals surface area contributed by atoms with E-state index in [1.165, 1.54) is 48.5 Å². The number of rotatable bonds is 14. The number of nitro groups is 2. The van der Waals surface area contributed by atoms with Crippen LogP contribution in [0.3, 0.4) is 0 Å². The molecule has 2 aromatic carbocycles. The molecule has 0 spiro atoms. The molecule has 230 valence electrons. The predicted octanol–water partition coefficient (Wildman–Crippen LogP) is 5.50. The van der Waals surface area contributed by atoms with Gasteiger partial charge >= 0.3 is 12.1 Å². The highest BCUT2D eigenvalue weighted by Crippen LogP contribution is 2.38. The van der Waals surface area contributed by atoms with Gasteiger partial charge in [0, 0.05) is 30.3 Å². The summed E-state index contributed by atoms with van der Waals surface area (Å²) in [6, 6.07) is 10.7. The number of esters is 1. The van der Waals surface area contributed by atoms with E-state index in [1.807, 2.05) is 20.8 Å². The summed E-state index contributed by atoms with van der Waals surface area (Å²) >= 11 is 0. The molecule has 4 atom stereocenters. The summed E-state index contributed by atoms with van der Waals surface area (Å²) in [5, 5.41) is 21.6. The molecule has 0 radical (unpaired) electrons. The zero-order valence-corrected chi connectivity index (χ0v) is 24.5. The second-order valence-corrected chi connectivity index (χ2v) is 10.8. The molecular weight excluding hydrogens is 562 g/mol. The van der Waals surface area contributed by atoms with Crippen LogP contribution in [0.4, 0.5) is 16.2 Å². The molecule has 43 heavy (non-hydrogen) atoms. The first-order valence-electron chi connectivity index (χ1n) is 13.7. The first kappa shape index (κ1) is 32.7. The standard InChI is InChI=1S/C30H35N3O10/c1-18(2)20(4)31-26(14-19(3)15-27(34)41-16-22-6-10-24(11-7-22)32(37)38)28(29(31)35)21(5)43-30(36)42-17-23-8-12-25(13-9-23)33(39)40/h6-13,18,20-21,26,28H,3,14-17H2,1-2,4-5H3/t20?,21-,26-,28-/m1/s1. The molecule has 1 heterocycles. The van der Waals surface area contributed by atoms with Crippen LogP contribution in [0.5, 0.6) is 0 Å². The molecular formula is C30H35N3O10. The number of benzene rings is 2. The predicted molar refractivity (Wildman–Crippen MR) is 154 cm³/mol. The van der Waals surface area contributed by atoms with Gasteiger partial charge in [0.05, 0.1) is 28.2 Å². The van der Waals surface area contributed by atoms with Crippen LogP contribution in [0.1, 0.15) is 51.7 Å². The molecule has 1 unspecified atom stereocenters. The van der Waals surface area contributed by atoms with Crippen molar-refractivity contribution in [2.45, 2.75) is 71.9 Å². The summed E-state index contributed by atoms with van der Waals surface area (Å²) in [7, 11) is 0. The number of β-lactam (4-membered cyclic amide) rings is 1. The van der Waals surface area contributed by atoms with E-state index in [2.05, 4.69) is 6.58 Å². The maximum atomic E-state index is 13.2. The molecule has 2 aromatic rings. The van der Waals surface area contributed by atoms with Gasteiger partial charge in [-0.25, -0.2) is 4.79 Å². The molecule has 0 aliphatic carbocycles. The Hall–Kier alpha value is -4.81. The Morgan fingerprint density at radius 2 is 1.37 bits per heavy atom. The fourth-order valence-corrected chi connectivity index (χ4v) is 4.77. The zero-order valence-electron chi connectivity index (χ0n) is 24.5. The van der Waals surface area contributed by atoms with Crippen LogP contribution < -0.4 is 0 Å². The van der Waals surface area contributed by atoms with Gasteiger partial charge in [-0.15, -0.1) is 0 Å². The van der Waals surface area contributed by atoms with Crippen molar-refractivity contribution in [2.24, 2.45) is 11.8 Å². The van der Waals surface area contributed by atoms with Crippen LogP contribution in [0.25, 0.3) is 0 Å². The Kier molecular flexibility index (Phi) is 10.9. The van der Waals surface area contributed by atoms with Gasteiger partial charge in [0.2, 0.25) is 5.91 Å². The molecule has 1 fully saturated rings. The Morgan fingerprint density at radius 1 is 0.884 bits per heavy atom. The van der Waals surface area contributed by atoms with Gasteiger partial charge in [-0.2, -0.15) is 0 Å². The molecule has 13 heteroatoms. The van der Waals surface area contributed by atoms with Crippen LogP contribution in [0, 0.1) is 32.1 Å². The largest absolute Gasteiger partial charge is 0.508 e. The highest BCUT2D eigenvalue weighted by Gasteiger charge is 2.53. The number of carbonyl (C=O) groups is 3. The Labute approximate surface area is 248 Å². The lowest BCUT2D eigenvalue weighted by atomic mass is 9.77. The third-order valence-electron chi connectivity index (χ3n) is 7.45. The minimum absolute atomic E-state index is 0.0575. The summed E-state index contributed by atoms with van der Waals surface area (Å²) in [6.07, 6.45) is -1.63. The Morgan fingerprint density at radius 3 is 1.84 bits per heavy atom. The van der Waals surface area contributed by atoms with E-state index in [4.69, 9.17) is 14.2 Å². The number of carbonyl (C=O) groups excluding carboxylic acids is 3. The van der Waals surface area contributed by atoms with Crippen molar-refractivity contribution >= 4 is 29.4 Å². The molecule has 1 amide bonds. The molecule has 0 N–H and O–H groups in total. The molecule has 13 nitrogen and oxygen atoms in total. The van der Waals surface area contributed by atoms with Crippen molar-refractivity contribution in [3.8, 4) is 0 Å². The van der Waals surface area contributed by atoms with Gasteiger partial charge in [0.25, 0.3) is 11.4 Å². The fourth-order valence-electron chi connectivity index (χ4n) is 4.77. The normalized spacial score (nSPS) is 17.4. The lowest BCUT2D eigenvalue weighted by molar-refractivity contribution is -0.385.